The standard InChI is InChI=1S/C23H13NO3/c24-21-15(11-13-19(25)14-6-2-1-3-7-14)10-12-18-20(21)23(27)17-9-5-4-8-16(17)22(18)26/h1-10,12H,24H2. The zero-order chi connectivity index (χ0) is 19.0. The highest BCUT2D eigenvalue weighted by atomic mass is 16.1. The van der Waals surface area contributed by atoms with Crippen molar-refractivity contribution in [3.63, 3.8) is 0 Å². The van der Waals surface area contributed by atoms with Gasteiger partial charge in [0.1, 0.15) is 0 Å². The van der Waals surface area contributed by atoms with Crippen LogP contribution in [0.3, 0.4) is 0 Å². The highest BCUT2D eigenvalue weighted by molar-refractivity contribution is 6.30. The quantitative estimate of drug-likeness (QED) is 0.324. The van der Waals surface area contributed by atoms with Gasteiger partial charge in [-0.2, -0.15) is 0 Å². The van der Waals surface area contributed by atoms with Crippen LogP contribution in [0.2, 0.25) is 0 Å². The van der Waals surface area contributed by atoms with Gasteiger partial charge in [-0.05, 0) is 18.1 Å². The number of nitrogen functional groups attached to an aromatic ring is 1. The second-order valence-electron chi connectivity index (χ2n) is 6.10. The molecule has 0 saturated heterocycles. The third-order valence-electron chi connectivity index (χ3n) is 4.48. The molecule has 3 aromatic rings. The van der Waals surface area contributed by atoms with Gasteiger partial charge in [0.25, 0.3) is 0 Å². The molecule has 0 aliphatic heterocycles. The van der Waals surface area contributed by atoms with Crippen molar-refractivity contribution in [2.75, 3.05) is 5.73 Å². The molecule has 0 spiro atoms. The Morgan fingerprint density at radius 1 is 0.741 bits per heavy atom. The molecule has 0 bridgehead atoms. The first-order chi connectivity index (χ1) is 13.1. The van der Waals surface area contributed by atoms with E-state index in [2.05, 4.69) is 11.8 Å². The molecule has 0 unspecified atom stereocenters. The lowest BCUT2D eigenvalue weighted by Crippen LogP contribution is -2.22. The molecule has 1 aliphatic rings. The second kappa shape index (κ2) is 6.40. The van der Waals surface area contributed by atoms with Crippen LogP contribution in [0.15, 0.2) is 66.7 Å². The van der Waals surface area contributed by atoms with Gasteiger partial charge in [0.05, 0.1) is 11.3 Å². The van der Waals surface area contributed by atoms with E-state index in [0.717, 1.165) is 0 Å². The summed E-state index contributed by atoms with van der Waals surface area (Å²) >= 11 is 0. The van der Waals surface area contributed by atoms with Gasteiger partial charge in [0.15, 0.2) is 11.6 Å². The first-order valence-corrected chi connectivity index (χ1v) is 8.30. The maximum Gasteiger partial charge on any atom is 0.236 e. The normalized spacial score (nSPS) is 11.9. The molecule has 0 heterocycles. The third-order valence-corrected chi connectivity index (χ3v) is 4.48. The molecule has 27 heavy (non-hydrogen) atoms. The van der Waals surface area contributed by atoms with E-state index in [4.69, 9.17) is 5.73 Å². The van der Waals surface area contributed by atoms with E-state index >= 15 is 0 Å². The summed E-state index contributed by atoms with van der Waals surface area (Å²) in [6.45, 7) is 0. The molecule has 128 valence electrons. The number of fused-ring (bicyclic) bond motifs is 2. The summed E-state index contributed by atoms with van der Waals surface area (Å²) in [5.74, 6) is 4.38. The van der Waals surface area contributed by atoms with Crippen LogP contribution in [0.25, 0.3) is 0 Å². The lowest BCUT2D eigenvalue weighted by atomic mass is 9.82. The Hall–Kier alpha value is -3.97. The van der Waals surface area contributed by atoms with Crippen molar-refractivity contribution in [2.45, 2.75) is 0 Å². The molecule has 2 N–H and O–H groups in total. The maximum absolute atomic E-state index is 12.8. The van der Waals surface area contributed by atoms with Crippen molar-refractivity contribution in [3.05, 3.63) is 100 Å². The lowest BCUT2D eigenvalue weighted by Gasteiger charge is -2.19. The van der Waals surface area contributed by atoms with Crippen LogP contribution in [0.1, 0.15) is 47.8 Å². The number of hydrogen-bond donors (Lipinski definition) is 1. The fourth-order valence-electron chi connectivity index (χ4n) is 3.11. The average Bonchev–Trinajstić information content (AvgIpc) is 2.71. The monoisotopic (exact) mass is 351 g/mol. The van der Waals surface area contributed by atoms with Crippen molar-refractivity contribution in [3.8, 4) is 11.8 Å². The van der Waals surface area contributed by atoms with E-state index in [9.17, 15) is 14.4 Å². The number of benzene rings is 3. The Morgan fingerprint density at radius 3 is 2.07 bits per heavy atom. The van der Waals surface area contributed by atoms with Crippen LogP contribution in [0, 0.1) is 11.8 Å². The van der Waals surface area contributed by atoms with Gasteiger partial charge in [-0.25, -0.2) is 0 Å². The second-order valence-corrected chi connectivity index (χ2v) is 6.10. The minimum Gasteiger partial charge on any atom is -0.397 e. The molecular weight excluding hydrogens is 338 g/mol. The number of nitrogens with two attached hydrogens (primary N) is 1. The number of rotatable bonds is 1. The van der Waals surface area contributed by atoms with Crippen LogP contribution in [-0.2, 0) is 0 Å². The number of ketones is 3. The average molecular weight is 351 g/mol. The minimum atomic E-state index is -0.347. The highest BCUT2D eigenvalue weighted by Gasteiger charge is 2.31. The van der Waals surface area contributed by atoms with E-state index in [1.807, 2.05) is 6.07 Å². The number of carbonyl (C=O) groups is 3. The number of Topliss-reactive ketones (excluding diaryl/α,β-unsaturated/α-hetero) is 1. The molecule has 4 rings (SSSR count). The minimum absolute atomic E-state index is 0.119. The molecular formula is C23H13NO3. The Kier molecular flexibility index (Phi) is 3.91. The van der Waals surface area contributed by atoms with E-state index < -0.39 is 0 Å². The number of carbonyl (C=O) groups excluding carboxylic acids is 3. The van der Waals surface area contributed by atoms with Crippen LogP contribution in [-0.4, -0.2) is 17.3 Å². The molecule has 0 atom stereocenters. The lowest BCUT2D eigenvalue weighted by molar-refractivity contribution is 0.0979. The van der Waals surface area contributed by atoms with Crippen molar-refractivity contribution in [1.82, 2.24) is 0 Å². The number of hydrogen-bond acceptors (Lipinski definition) is 4. The smallest absolute Gasteiger partial charge is 0.236 e. The fraction of sp³-hybridized carbons (Fsp3) is 0. The Balaban J connectivity index is 1.78. The van der Waals surface area contributed by atoms with Gasteiger partial charge in [0, 0.05) is 27.8 Å². The van der Waals surface area contributed by atoms with Crippen molar-refractivity contribution < 1.29 is 14.4 Å². The summed E-state index contributed by atoms with van der Waals surface area (Å²) in [6.07, 6.45) is 0. The summed E-state index contributed by atoms with van der Waals surface area (Å²) in [5, 5.41) is 0. The van der Waals surface area contributed by atoms with Crippen LogP contribution >= 0.6 is 0 Å². The van der Waals surface area contributed by atoms with Gasteiger partial charge in [-0.3, -0.25) is 14.4 Å². The highest BCUT2D eigenvalue weighted by Crippen LogP contribution is 2.32. The predicted molar refractivity (Wildman–Crippen MR) is 102 cm³/mol. The summed E-state index contributed by atoms with van der Waals surface area (Å²) in [4.78, 5) is 37.7. The summed E-state index contributed by atoms with van der Waals surface area (Å²) in [7, 11) is 0. The predicted octanol–water partition coefficient (Wildman–Crippen LogP) is 3.28. The van der Waals surface area contributed by atoms with Gasteiger partial charge < -0.3 is 5.73 Å². The first-order valence-electron chi connectivity index (χ1n) is 8.30. The van der Waals surface area contributed by atoms with E-state index in [-0.39, 0.29) is 34.2 Å². The van der Waals surface area contributed by atoms with Crippen LogP contribution in [0.5, 0.6) is 0 Å². The maximum atomic E-state index is 12.8. The molecule has 3 aromatic carbocycles. The molecule has 0 amide bonds. The summed E-state index contributed by atoms with van der Waals surface area (Å²) in [5.41, 5.74) is 8.20. The van der Waals surface area contributed by atoms with Crippen LogP contribution in [0.4, 0.5) is 5.69 Å². The van der Waals surface area contributed by atoms with Crippen LogP contribution < -0.4 is 5.73 Å². The molecule has 1 aliphatic carbocycles. The Labute approximate surface area is 155 Å². The first kappa shape index (κ1) is 16.5. The molecule has 4 heteroatoms. The van der Waals surface area contributed by atoms with Gasteiger partial charge in [-0.15, -0.1) is 0 Å². The Morgan fingerprint density at radius 2 is 1.37 bits per heavy atom. The van der Waals surface area contributed by atoms with E-state index in [1.165, 1.54) is 0 Å². The molecule has 0 fully saturated rings. The van der Waals surface area contributed by atoms with Crippen molar-refractivity contribution in [1.29, 1.82) is 0 Å². The van der Waals surface area contributed by atoms with Gasteiger partial charge >= 0.3 is 0 Å². The van der Waals surface area contributed by atoms with E-state index in [1.54, 1.807) is 60.7 Å². The molecule has 0 saturated carbocycles. The van der Waals surface area contributed by atoms with Crippen molar-refractivity contribution >= 4 is 23.0 Å². The number of anilines is 1. The van der Waals surface area contributed by atoms with Gasteiger partial charge in [-0.1, -0.05) is 60.5 Å². The SMILES string of the molecule is Nc1c(C#CC(=O)c2ccccc2)ccc2c1C(=O)c1ccccc1C2=O. The molecule has 4 nitrogen and oxygen atoms in total. The topological polar surface area (TPSA) is 77.2 Å². The van der Waals surface area contributed by atoms with E-state index in [0.29, 0.717) is 22.3 Å². The fourth-order valence-corrected chi connectivity index (χ4v) is 3.11. The third kappa shape index (κ3) is 2.72. The molecule has 0 aromatic heterocycles. The Bertz CT molecular complexity index is 1180. The van der Waals surface area contributed by atoms with Crippen molar-refractivity contribution in [2.24, 2.45) is 0 Å². The zero-order valence-electron chi connectivity index (χ0n) is 14.2. The van der Waals surface area contributed by atoms with Gasteiger partial charge in [0.2, 0.25) is 5.78 Å². The molecule has 0 radical (unpaired) electrons. The summed E-state index contributed by atoms with van der Waals surface area (Å²) in [6, 6.07) is 18.4. The zero-order valence-corrected chi connectivity index (χ0v) is 14.2. The largest absolute Gasteiger partial charge is 0.397 e. The summed E-state index contributed by atoms with van der Waals surface area (Å²) < 4.78 is 0.